The molecule has 2 heterocycles. The Morgan fingerprint density at radius 1 is 1.31 bits per heavy atom. The Kier molecular flexibility index (Phi) is 6.64. The highest BCUT2D eigenvalue weighted by molar-refractivity contribution is 6.03. The fourth-order valence-electron chi connectivity index (χ4n) is 3.33. The van der Waals surface area contributed by atoms with Crippen LogP contribution in [0.4, 0.5) is 5.69 Å². The Morgan fingerprint density at radius 2 is 2.16 bits per heavy atom. The molecule has 2 aromatic carbocycles. The van der Waals surface area contributed by atoms with E-state index in [4.69, 9.17) is 14.2 Å². The number of rotatable bonds is 8. The van der Waals surface area contributed by atoms with Gasteiger partial charge in [-0.05, 0) is 49.2 Å². The largest absolute Gasteiger partial charge is 0.491 e. The second-order valence-electron chi connectivity index (χ2n) is 7.43. The molecule has 166 valence electrons. The topological polar surface area (TPSA) is 111 Å². The van der Waals surface area contributed by atoms with Crippen LogP contribution in [-0.4, -0.2) is 39.2 Å². The molecular weight excluding hydrogens is 410 g/mol. The molecule has 0 aliphatic carbocycles. The molecule has 0 radical (unpaired) electrons. The van der Waals surface area contributed by atoms with E-state index in [9.17, 15) is 4.79 Å². The van der Waals surface area contributed by atoms with Crippen LogP contribution in [0.15, 0.2) is 48.5 Å². The average molecular weight is 435 g/mol. The lowest BCUT2D eigenvalue weighted by Crippen LogP contribution is -2.24. The third kappa shape index (κ3) is 5.23. The van der Waals surface area contributed by atoms with Crippen LogP contribution in [0.3, 0.4) is 0 Å². The number of nitrogens with zero attached hydrogens (tertiary/aromatic N) is 3. The summed E-state index contributed by atoms with van der Waals surface area (Å²) in [5.41, 5.74) is 1.39. The average Bonchev–Trinajstić information content (AvgIpc) is 3.34. The molecule has 1 aliphatic rings. The number of aromatic amines is 1. The van der Waals surface area contributed by atoms with Gasteiger partial charge in [-0.25, -0.2) is 0 Å². The molecule has 1 aromatic heterocycles. The zero-order chi connectivity index (χ0) is 22.3. The van der Waals surface area contributed by atoms with E-state index in [1.54, 1.807) is 24.3 Å². The van der Waals surface area contributed by atoms with Gasteiger partial charge in [-0.1, -0.05) is 36.8 Å². The number of amides is 1. The van der Waals surface area contributed by atoms with Gasteiger partial charge in [-0.3, -0.25) is 4.79 Å². The molecule has 4 rings (SSSR count). The number of carbonyl (C=O) groups excluding carboxylic acids is 1. The quantitative estimate of drug-likeness (QED) is 0.516. The van der Waals surface area contributed by atoms with Crippen molar-refractivity contribution < 1.29 is 19.0 Å². The predicted molar refractivity (Wildman–Crippen MR) is 119 cm³/mol. The van der Waals surface area contributed by atoms with Crippen molar-refractivity contribution in [2.24, 2.45) is 0 Å². The molecule has 0 bridgehead atoms. The highest BCUT2D eigenvalue weighted by Gasteiger charge is 2.28. The van der Waals surface area contributed by atoms with E-state index in [-0.39, 0.29) is 18.6 Å². The minimum Gasteiger partial charge on any atom is -0.491 e. The molecule has 0 spiro atoms. The second kappa shape index (κ2) is 9.95. The van der Waals surface area contributed by atoms with Gasteiger partial charge in [0.25, 0.3) is 0 Å². The number of tetrazole rings is 1. The van der Waals surface area contributed by atoms with E-state index in [0.717, 1.165) is 24.2 Å². The summed E-state index contributed by atoms with van der Waals surface area (Å²) in [7, 11) is 0. The third-order valence-corrected chi connectivity index (χ3v) is 4.88. The molecule has 2 unspecified atom stereocenters. The maximum absolute atomic E-state index is 12.5. The maximum atomic E-state index is 12.5. The summed E-state index contributed by atoms with van der Waals surface area (Å²) in [6.45, 7) is 4.44. The lowest BCUT2D eigenvalue weighted by molar-refractivity contribution is -0.111. The Hall–Kier alpha value is -3.88. The number of aromatic nitrogens is 4. The van der Waals surface area contributed by atoms with Crippen LogP contribution in [0, 0.1) is 0 Å². The van der Waals surface area contributed by atoms with Crippen molar-refractivity contribution in [3.63, 3.8) is 0 Å². The van der Waals surface area contributed by atoms with Crippen molar-refractivity contribution in [2.45, 2.75) is 38.9 Å². The molecular formula is C23H25N5O4. The number of anilines is 1. The number of hydrogen-bond acceptors (Lipinski definition) is 7. The fourth-order valence-corrected chi connectivity index (χ4v) is 3.33. The van der Waals surface area contributed by atoms with Gasteiger partial charge in [0, 0.05) is 6.08 Å². The molecule has 1 aliphatic heterocycles. The van der Waals surface area contributed by atoms with Crippen LogP contribution in [0.25, 0.3) is 6.08 Å². The van der Waals surface area contributed by atoms with Crippen molar-refractivity contribution in [2.75, 3.05) is 11.9 Å². The van der Waals surface area contributed by atoms with Gasteiger partial charge in [0.15, 0.2) is 17.6 Å². The monoisotopic (exact) mass is 435 g/mol. The number of hydrogen-bond donors (Lipinski definition) is 2. The molecule has 9 heteroatoms. The number of fused-ring (bicyclic) bond motifs is 1. The zero-order valence-electron chi connectivity index (χ0n) is 17.9. The van der Waals surface area contributed by atoms with Crippen LogP contribution in [0.2, 0.25) is 0 Å². The van der Waals surface area contributed by atoms with Gasteiger partial charge in [-0.15, -0.1) is 10.2 Å². The first-order valence-corrected chi connectivity index (χ1v) is 10.5. The van der Waals surface area contributed by atoms with E-state index in [2.05, 4.69) is 39.8 Å². The molecule has 0 saturated carbocycles. The number of H-pyrrole nitrogens is 1. The number of nitrogens with one attached hydrogen (secondary N) is 2. The Balaban J connectivity index is 1.39. The van der Waals surface area contributed by atoms with Crippen LogP contribution >= 0.6 is 0 Å². The van der Waals surface area contributed by atoms with Crippen LogP contribution in [0.5, 0.6) is 17.2 Å². The maximum Gasteiger partial charge on any atom is 0.248 e. The molecule has 0 saturated heterocycles. The standard InChI is InChI=1S/C23H25N5O4/c1-3-5-15(2)31-17-11-8-16(9-12-17)10-13-21(29)24-18-6-4-7-19-22(18)32-20(14-30-19)23-25-27-28-26-23/h4,6-13,15,20H,3,5,14H2,1-2H3,(H,24,29)(H,25,26,27,28)/b13-10+. The first-order chi connectivity index (χ1) is 15.6. The minimum atomic E-state index is -0.518. The van der Waals surface area contributed by atoms with Gasteiger partial charge in [-0.2, -0.15) is 5.21 Å². The van der Waals surface area contributed by atoms with Crippen LogP contribution in [0.1, 0.15) is 44.2 Å². The normalized spacial score (nSPS) is 16.0. The molecule has 2 atom stereocenters. The summed E-state index contributed by atoms with van der Waals surface area (Å²) in [4.78, 5) is 12.5. The van der Waals surface area contributed by atoms with Gasteiger partial charge in [0.1, 0.15) is 12.4 Å². The Bertz CT molecular complexity index is 1070. The molecule has 9 nitrogen and oxygen atoms in total. The highest BCUT2D eigenvalue weighted by Crippen LogP contribution is 2.41. The summed E-state index contributed by atoms with van der Waals surface area (Å²) in [6, 6.07) is 12.9. The van der Waals surface area contributed by atoms with E-state index >= 15 is 0 Å². The first kappa shape index (κ1) is 21.4. The molecule has 1 amide bonds. The molecule has 2 N–H and O–H groups in total. The summed E-state index contributed by atoms with van der Waals surface area (Å²) < 4.78 is 17.6. The first-order valence-electron chi connectivity index (χ1n) is 10.5. The summed E-state index contributed by atoms with van der Waals surface area (Å²) >= 11 is 0. The smallest absolute Gasteiger partial charge is 0.248 e. The zero-order valence-corrected chi connectivity index (χ0v) is 17.9. The second-order valence-corrected chi connectivity index (χ2v) is 7.43. The van der Waals surface area contributed by atoms with E-state index < -0.39 is 6.10 Å². The number of ether oxygens (including phenoxy) is 3. The minimum absolute atomic E-state index is 0.176. The predicted octanol–water partition coefficient (Wildman–Crippen LogP) is 3.93. The Morgan fingerprint density at radius 3 is 2.91 bits per heavy atom. The number of para-hydroxylation sites is 1. The van der Waals surface area contributed by atoms with E-state index in [1.165, 1.54) is 6.08 Å². The van der Waals surface area contributed by atoms with Gasteiger partial charge in [0.05, 0.1) is 11.8 Å². The molecule has 0 fully saturated rings. The fraction of sp³-hybridized carbons (Fsp3) is 0.304. The van der Waals surface area contributed by atoms with Crippen molar-refractivity contribution >= 4 is 17.7 Å². The van der Waals surface area contributed by atoms with E-state index in [1.807, 2.05) is 24.3 Å². The Labute approximate surface area is 185 Å². The van der Waals surface area contributed by atoms with Crippen molar-refractivity contribution in [3.05, 3.63) is 59.9 Å². The summed E-state index contributed by atoms with van der Waals surface area (Å²) in [5.74, 6) is 1.88. The third-order valence-electron chi connectivity index (χ3n) is 4.88. The number of carbonyl (C=O) groups is 1. The number of benzene rings is 2. The summed E-state index contributed by atoms with van der Waals surface area (Å²) in [6.07, 6.45) is 4.95. The van der Waals surface area contributed by atoms with Crippen LogP contribution in [-0.2, 0) is 4.79 Å². The molecule has 32 heavy (non-hydrogen) atoms. The molecule has 3 aromatic rings. The lowest BCUT2D eigenvalue weighted by atomic mass is 10.2. The SMILES string of the molecule is CCCC(C)Oc1ccc(/C=C/C(=O)Nc2cccc3c2OC(c2nn[nH]n2)CO3)cc1. The van der Waals surface area contributed by atoms with Crippen molar-refractivity contribution in [3.8, 4) is 17.2 Å². The van der Waals surface area contributed by atoms with E-state index in [0.29, 0.717) is 23.0 Å². The summed E-state index contributed by atoms with van der Waals surface area (Å²) in [5, 5.41) is 16.7. The van der Waals surface area contributed by atoms with Gasteiger partial charge >= 0.3 is 0 Å². The lowest BCUT2D eigenvalue weighted by Gasteiger charge is -2.26. The van der Waals surface area contributed by atoms with Crippen molar-refractivity contribution in [1.29, 1.82) is 0 Å². The van der Waals surface area contributed by atoms with Gasteiger partial charge < -0.3 is 19.5 Å². The van der Waals surface area contributed by atoms with Crippen molar-refractivity contribution in [1.82, 2.24) is 20.6 Å². The van der Waals surface area contributed by atoms with Gasteiger partial charge in [0.2, 0.25) is 11.7 Å². The highest BCUT2D eigenvalue weighted by atomic mass is 16.6. The van der Waals surface area contributed by atoms with Crippen LogP contribution < -0.4 is 19.5 Å².